The fourth-order valence-corrected chi connectivity index (χ4v) is 3.22. The maximum absolute atomic E-state index is 10.5. The standard InChI is InChI=1S/C19H34N4O2/c1-4-20-18(22-15-19(3,24)17-7-6-14-25-17)21-11-8-16-9-12-23(5-2)13-10-16/h6-7,14,16,24H,4-5,8-13,15H2,1-3H3,(H2,20,21,22). The third kappa shape index (κ3) is 6.36. The predicted molar refractivity (Wildman–Crippen MR) is 102 cm³/mol. The Labute approximate surface area is 151 Å². The highest BCUT2D eigenvalue weighted by Crippen LogP contribution is 2.21. The smallest absolute Gasteiger partial charge is 0.191 e. The minimum atomic E-state index is -1.10. The largest absolute Gasteiger partial charge is 0.466 e. The van der Waals surface area contributed by atoms with Crippen molar-refractivity contribution < 1.29 is 9.52 Å². The van der Waals surface area contributed by atoms with E-state index in [9.17, 15) is 5.11 Å². The average molecular weight is 351 g/mol. The summed E-state index contributed by atoms with van der Waals surface area (Å²) in [6.07, 6.45) is 5.31. The molecule has 0 saturated carbocycles. The first-order valence-corrected chi connectivity index (χ1v) is 9.56. The molecule has 0 aliphatic carbocycles. The quantitative estimate of drug-likeness (QED) is 0.495. The number of nitrogens with one attached hydrogen (secondary N) is 2. The molecule has 3 N–H and O–H groups in total. The zero-order valence-corrected chi connectivity index (χ0v) is 15.9. The summed E-state index contributed by atoms with van der Waals surface area (Å²) in [6, 6.07) is 3.55. The van der Waals surface area contributed by atoms with Gasteiger partial charge in [-0.25, -0.2) is 4.99 Å². The van der Waals surface area contributed by atoms with Crippen LogP contribution in [0, 0.1) is 5.92 Å². The van der Waals surface area contributed by atoms with Gasteiger partial charge in [-0.2, -0.15) is 0 Å². The molecular weight excluding hydrogens is 316 g/mol. The number of rotatable bonds is 8. The Bertz CT molecular complexity index is 506. The molecule has 6 nitrogen and oxygen atoms in total. The van der Waals surface area contributed by atoms with Crippen LogP contribution in [0.15, 0.2) is 27.8 Å². The lowest BCUT2D eigenvalue weighted by atomic mass is 9.93. The molecule has 1 aliphatic heterocycles. The molecule has 0 radical (unpaired) electrons. The van der Waals surface area contributed by atoms with Gasteiger partial charge in [0.1, 0.15) is 11.4 Å². The van der Waals surface area contributed by atoms with Crippen LogP contribution in [-0.2, 0) is 5.60 Å². The number of aliphatic hydroxyl groups is 1. The van der Waals surface area contributed by atoms with Crippen molar-refractivity contribution >= 4 is 5.96 Å². The van der Waals surface area contributed by atoms with E-state index in [1.165, 1.54) is 25.9 Å². The number of hydrogen-bond donors (Lipinski definition) is 3. The van der Waals surface area contributed by atoms with Gasteiger partial charge in [0, 0.05) is 13.1 Å². The van der Waals surface area contributed by atoms with Crippen LogP contribution in [0.2, 0.25) is 0 Å². The van der Waals surface area contributed by atoms with Gasteiger partial charge in [-0.05, 0) is 70.8 Å². The van der Waals surface area contributed by atoms with Crippen molar-refractivity contribution in [3.63, 3.8) is 0 Å². The van der Waals surface area contributed by atoms with Gasteiger partial charge in [0.2, 0.25) is 0 Å². The molecule has 25 heavy (non-hydrogen) atoms. The molecule has 0 amide bonds. The van der Waals surface area contributed by atoms with E-state index < -0.39 is 5.60 Å². The number of guanidine groups is 1. The lowest BCUT2D eigenvalue weighted by Gasteiger charge is -2.31. The van der Waals surface area contributed by atoms with Gasteiger partial charge >= 0.3 is 0 Å². The van der Waals surface area contributed by atoms with Gasteiger partial charge in [0.25, 0.3) is 0 Å². The Balaban J connectivity index is 1.78. The van der Waals surface area contributed by atoms with Crippen LogP contribution in [0.3, 0.4) is 0 Å². The summed E-state index contributed by atoms with van der Waals surface area (Å²) in [5.41, 5.74) is -1.10. The summed E-state index contributed by atoms with van der Waals surface area (Å²) < 4.78 is 5.30. The average Bonchev–Trinajstić information content (AvgIpc) is 3.16. The van der Waals surface area contributed by atoms with Crippen molar-refractivity contribution in [2.24, 2.45) is 10.9 Å². The number of aliphatic imine (C=N–C) groups is 1. The van der Waals surface area contributed by atoms with Crippen LogP contribution < -0.4 is 10.6 Å². The molecule has 1 unspecified atom stereocenters. The summed E-state index contributed by atoms with van der Waals surface area (Å²) >= 11 is 0. The third-order valence-electron chi connectivity index (χ3n) is 4.94. The Morgan fingerprint density at radius 3 is 2.72 bits per heavy atom. The lowest BCUT2D eigenvalue weighted by Crippen LogP contribution is -2.40. The first-order valence-electron chi connectivity index (χ1n) is 9.56. The van der Waals surface area contributed by atoms with Gasteiger partial charge in [0.05, 0.1) is 12.8 Å². The van der Waals surface area contributed by atoms with E-state index in [4.69, 9.17) is 4.42 Å². The van der Waals surface area contributed by atoms with Gasteiger partial charge in [-0.15, -0.1) is 0 Å². The van der Waals surface area contributed by atoms with E-state index in [-0.39, 0.29) is 6.54 Å². The molecule has 1 aromatic heterocycles. The van der Waals surface area contributed by atoms with Crippen LogP contribution in [0.5, 0.6) is 0 Å². The van der Waals surface area contributed by atoms with Crippen LogP contribution in [0.4, 0.5) is 0 Å². The van der Waals surface area contributed by atoms with Crippen LogP contribution in [0.25, 0.3) is 0 Å². The van der Waals surface area contributed by atoms with Crippen molar-refractivity contribution in [3.8, 4) is 0 Å². The maximum atomic E-state index is 10.5. The summed E-state index contributed by atoms with van der Waals surface area (Å²) in [7, 11) is 0. The zero-order chi connectivity index (χ0) is 18.1. The first kappa shape index (κ1) is 19.8. The molecule has 1 atom stereocenters. The van der Waals surface area contributed by atoms with Crippen molar-refractivity contribution in [1.82, 2.24) is 15.5 Å². The molecule has 0 bridgehead atoms. The number of likely N-dealkylation sites (tertiary alicyclic amines) is 1. The Kier molecular flexibility index (Phi) is 7.78. The highest BCUT2D eigenvalue weighted by atomic mass is 16.4. The molecule has 1 saturated heterocycles. The molecule has 2 heterocycles. The minimum Gasteiger partial charge on any atom is -0.466 e. The second kappa shape index (κ2) is 9.82. The van der Waals surface area contributed by atoms with E-state index in [1.54, 1.807) is 25.3 Å². The third-order valence-corrected chi connectivity index (χ3v) is 4.94. The van der Waals surface area contributed by atoms with E-state index in [0.29, 0.717) is 5.76 Å². The van der Waals surface area contributed by atoms with Crippen molar-refractivity contribution in [1.29, 1.82) is 0 Å². The molecule has 1 fully saturated rings. The predicted octanol–water partition coefficient (Wildman–Crippen LogP) is 2.16. The zero-order valence-electron chi connectivity index (χ0n) is 15.9. The van der Waals surface area contributed by atoms with Crippen molar-refractivity contribution in [2.75, 3.05) is 39.3 Å². The van der Waals surface area contributed by atoms with Crippen molar-refractivity contribution in [3.05, 3.63) is 24.2 Å². The molecule has 6 heteroatoms. The van der Waals surface area contributed by atoms with E-state index >= 15 is 0 Å². The normalized spacial score (nSPS) is 19.6. The van der Waals surface area contributed by atoms with Gasteiger partial charge < -0.3 is 25.1 Å². The summed E-state index contributed by atoms with van der Waals surface area (Å²) in [6.45, 7) is 11.6. The van der Waals surface area contributed by atoms with Crippen molar-refractivity contribution in [2.45, 2.75) is 45.6 Å². The minimum absolute atomic E-state index is 0.255. The number of furan rings is 1. The Hall–Kier alpha value is -1.53. The molecule has 0 aromatic carbocycles. The SMILES string of the molecule is CCNC(=NCC(C)(O)c1ccco1)NCCC1CCN(CC)CC1. The molecule has 142 valence electrons. The monoisotopic (exact) mass is 350 g/mol. The fourth-order valence-electron chi connectivity index (χ4n) is 3.22. The molecule has 0 spiro atoms. The second-order valence-corrected chi connectivity index (χ2v) is 7.04. The highest BCUT2D eigenvalue weighted by Gasteiger charge is 2.26. The van der Waals surface area contributed by atoms with Crippen LogP contribution >= 0.6 is 0 Å². The lowest BCUT2D eigenvalue weighted by molar-refractivity contribution is 0.0437. The number of hydrogen-bond acceptors (Lipinski definition) is 4. The topological polar surface area (TPSA) is 73.0 Å². The Morgan fingerprint density at radius 1 is 1.36 bits per heavy atom. The highest BCUT2D eigenvalue weighted by molar-refractivity contribution is 5.79. The van der Waals surface area contributed by atoms with E-state index in [2.05, 4.69) is 27.4 Å². The summed E-state index contributed by atoms with van der Waals surface area (Å²) in [4.78, 5) is 7.05. The summed E-state index contributed by atoms with van der Waals surface area (Å²) in [5.74, 6) is 2.08. The first-order chi connectivity index (χ1) is 12.0. The number of nitrogens with zero attached hydrogens (tertiary/aromatic N) is 2. The molecular formula is C19H34N4O2. The van der Waals surface area contributed by atoms with Gasteiger partial charge in [-0.3, -0.25) is 0 Å². The second-order valence-electron chi connectivity index (χ2n) is 7.04. The Morgan fingerprint density at radius 2 is 2.12 bits per heavy atom. The van der Waals surface area contributed by atoms with Crippen LogP contribution in [0.1, 0.15) is 45.8 Å². The van der Waals surface area contributed by atoms with Crippen LogP contribution in [-0.4, -0.2) is 55.2 Å². The number of piperidine rings is 1. The molecule has 2 rings (SSSR count). The maximum Gasteiger partial charge on any atom is 0.191 e. The molecule has 1 aromatic rings. The van der Waals surface area contributed by atoms with E-state index in [1.807, 2.05) is 6.92 Å². The van der Waals surface area contributed by atoms with E-state index in [0.717, 1.165) is 37.9 Å². The molecule has 1 aliphatic rings. The van der Waals surface area contributed by atoms with Gasteiger partial charge in [-0.1, -0.05) is 6.92 Å². The van der Waals surface area contributed by atoms with Gasteiger partial charge in [0.15, 0.2) is 5.96 Å². The fraction of sp³-hybridized carbons (Fsp3) is 0.737. The summed E-state index contributed by atoms with van der Waals surface area (Å²) in [5, 5.41) is 17.1.